The van der Waals surface area contributed by atoms with Gasteiger partial charge in [-0.1, -0.05) is 24.0 Å². The van der Waals surface area contributed by atoms with E-state index in [9.17, 15) is 4.79 Å². The van der Waals surface area contributed by atoms with Gasteiger partial charge in [0.15, 0.2) is 11.5 Å². The van der Waals surface area contributed by atoms with Crippen LogP contribution in [-0.4, -0.2) is 29.8 Å². The van der Waals surface area contributed by atoms with E-state index in [1.54, 1.807) is 24.3 Å². The zero-order valence-electron chi connectivity index (χ0n) is 11.8. The molecular formula is C14H15N3O3S. The fourth-order valence-electron chi connectivity index (χ4n) is 1.59. The molecule has 1 aromatic heterocycles. The maximum Gasteiger partial charge on any atom is 0.257 e. The lowest BCUT2D eigenvalue weighted by atomic mass is 10.2. The fourth-order valence-corrected chi connectivity index (χ4v) is 2.18. The second-order valence-corrected chi connectivity index (χ2v) is 5.23. The van der Waals surface area contributed by atoms with Crippen molar-refractivity contribution in [3.05, 3.63) is 41.4 Å². The number of nitrogens with zero attached hydrogens (tertiary/aromatic N) is 2. The van der Waals surface area contributed by atoms with Gasteiger partial charge in [0.2, 0.25) is 5.13 Å². The normalized spacial score (nSPS) is 10.0. The Labute approximate surface area is 126 Å². The van der Waals surface area contributed by atoms with Gasteiger partial charge in [0.1, 0.15) is 11.6 Å². The first-order valence-corrected chi connectivity index (χ1v) is 6.99. The smallest absolute Gasteiger partial charge is 0.257 e. The van der Waals surface area contributed by atoms with Gasteiger partial charge >= 0.3 is 0 Å². The molecule has 0 aliphatic heterocycles. The molecule has 0 aliphatic carbocycles. The van der Waals surface area contributed by atoms with E-state index in [1.807, 2.05) is 6.92 Å². The number of anilines is 1. The van der Waals surface area contributed by atoms with Gasteiger partial charge < -0.3 is 9.47 Å². The van der Waals surface area contributed by atoms with Gasteiger partial charge in [-0.25, -0.2) is 0 Å². The predicted molar refractivity (Wildman–Crippen MR) is 81.3 cm³/mol. The molecule has 1 amide bonds. The van der Waals surface area contributed by atoms with Crippen LogP contribution in [0.5, 0.6) is 11.5 Å². The van der Waals surface area contributed by atoms with Crippen molar-refractivity contribution in [3.8, 4) is 11.5 Å². The average molecular weight is 305 g/mol. The zero-order valence-corrected chi connectivity index (χ0v) is 12.6. The lowest BCUT2D eigenvalue weighted by Gasteiger charge is -2.10. The van der Waals surface area contributed by atoms with Crippen molar-refractivity contribution < 1.29 is 14.3 Å². The van der Waals surface area contributed by atoms with Gasteiger partial charge in [0.05, 0.1) is 7.11 Å². The van der Waals surface area contributed by atoms with E-state index in [0.717, 1.165) is 5.01 Å². The van der Waals surface area contributed by atoms with Gasteiger partial charge in [-0.15, -0.1) is 10.2 Å². The molecule has 2 aromatic rings. The molecule has 7 heteroatoms. The Balaban J connectivity index is 2.15. The highest BCUT2D eigenvalue weighted by Crippen LogP contribution is 2.28. The molecule has 0 aliphatic rings. The summed E-state index contributed by atoms with van der Waals surface area (Å²) in [6, 6.07) is 4.95. The fraction of sp³-hybridized carbons (Fsp3) is 0.214. The molecule has 1 aromatic carbocycles. The summed E-state index contributed by atoms with van der Waals surface area (Å²) in [4.78, 5) is 12.1. The molecule has 0 atom stereocenters. The summed E-state index contributed by atoms with van der Waals surface area (Å²) in [7, 11) is 1.52. The lowest BCUT2D eigenvalue weighted by molar-refractivity contribution is 0.102. The number of ether oxygens (including phenoxy) is 2. The van der Waals surface area contributed by atoms with E-state index in [-0.39, 0.29) is 5.91 Å². The summed E-state index contributed by atoms with van der Waals surface area (Å²) in [5.74, 6) is 0.762. The third kappa shape index (κ3) is 3.79. The van der Waals surface area contributed by atoms with Crippen LogP contribution in [0.3, 0.4) is 0 Å². The van der Waals surface area contributed by atoms with Crippen LogP contribution in [0.15, 0.2) is 30.9 Å². The molecule has 0 saturated heterocycles. The third-order valence-electron chi connectivity index (χ3n) is 2.53. The van der Waals surface area contributed by atoms with Crippen molar-refractivity contribution in [3.63, 3.8) is 0 Å². The number of carbonyl (C=O) groups is 1. The molecule has 0 bridgehead atoms. The van der Waals surface area contributed by atoms with Gasteiger partial charge in [0, 0.05) is 5.56 Å². The van der Waals surface area contributed by atoms with E-state index < -0.39 is 0 Å². The number of hydrogen-bond donors (Lipinski definition) is 1. The Hall–Kier alpha value is -2.41. The van der Waals surface area contributed by atoms with Crippen LogP contribution >= 0.6 is 11.3 Å². The summed E-state index contributed by atoms with van der Waals surface area (Å²) < 4.78 is 10.7. The first-order chi connectivity index (χ1) is 10.1. The van der Waals surface area contributed by atoms with Crippen molar-refractivity contribution in [1.29, 1.82) is 0 Å². The van der Waals surface area contributed by atoms with Crippen molar-refractivity contribution in [2.24, 2.45) is 0 Å². The highest BCUT2D eigenvalue weighted by molar-refractivity contribution is 7.15. The number of amides is 1. The van der Waals surface area contributed by atoms with Crippen LogP contribution < -0.4 is 14.8 Å². The average Bonchev–Trinajstić information content (AvgIpc) is 2.90. The third-order valence-corrected chi connectivity index (χ3v) is 3.28. The summed E-state index contributed by atoms with van der Waals surface area (Å²) in [6.07, 6.45) is 1.64. The monoisotopic (exact) mass is 305 g/mol. The molecule has 0 spiro atoms. The summed E-state index contributed by atoms with van der Waals surface area (Å²) >= 11 is 1.31. The van der Waals surface area contributed by atoms with Crippen molar-refractivity contribution >= 4 is 22.4 Å². The summed E-state index contributed by atoms with van der Waals surface area (Å²) in [6.45, 7) is 5.77. The van der Waals surface area contributed by atoms with Gasteiger partial charge in [-0.2, -0.15) is 0 Å². The molecule has 1 heterocycles. The number of methoxy groups -OCH3 is 1. The number of rotatable bonds is 6. The van der Waals surface area contributed by atoms with Gasteiger partial charge in [0.25, 0.3) is 5.91 Å². The molecule has 110 valence electrons. The molecule has 6 nitrogen and oxygen atoms in total. The van der Waals surface area contributed by atoms with Gasteiger partial charge in [-0.05, 0) is 25.1 Å². The van der Waals surface area contributed by atoms with Crippen molar-refractivity contribution in [2.45, 2.75) is 6.92 Å². The molecule has 0 unspecified atom stereocenters. The SMILES string of the molecule is C=CCOc1ccc(C(=O)Nc2nnc(C)s2)cc1OC. The molecule has 1 N–H and O–H groups in total. The second-order valence-electron chi connectivity index (χ2n) is 4.05. The number of nitrogens with one attached hydrogen (secondary N) is 1. The minimum atomic E-state index is -0.278. The number of hydrogen-bond acceptors (Lipinski definition) is 6. The molecule has 0 radical (unpaired) electrons. The molecule has 21 heavy (non-hydrogen) atoms. The predicted octanol–water partition coefficient (Wildman–Crippen LogP) is 2.67. The number of aryl methyl sites for hydroxylation is 1. The number of carbonyl (C=O) groups excluding carboxylic acids is 1. The lowest BCUT2D eigenvalue weighted by Crippen LogP contribution is -2.12. The van der Waals surface area contributed by atoms with Gasteiger partial charge in [-0.3, -0.25) is 10.1 Å². The van der Waals surface area contributed by atoms with E-state index in [4.69, 9.17) is 9.47 Å². The maximum absolute atomic E-state index is 12.1. The molecule has 0 fully saturated rings. The van der Waals surface area contributed by atoms with Crippen molar-refractivity contribution in [2.75, 3.05) is 19.0 Å². The standard InChI is InChI=1S/C14H15N3O3S/c1-4-7-20-11-6-5-10(8-12(11)19-3)13(18)15-14-17-16-9(2)21-14/h4-6,8H,1,7H2,2-3H3,(H,15,17,18). The Bertz CT molecular complexity index is 655. The Morgan fingerprint density at radius 1 is 1.43 bits per heavy atom. The summed E-state index contributed by atoms with van der Waals surface area (Å²) in [5, 5.41) is 11.6. The van der Waals surface area contributed by atoms with Crippen LogP contribution in [0.2, 0.25) is 0 Å². The van der Waals surface area contributed by atoms with E-state index in [1.165, 1.54) is 18.4 Å². The number of benzene rings is 1. The molecule has 2 rings (SSSR count). The highest BCUT2D eigenvalue weighted by atomic mass is 32.1. The summed E-state index contributed by atoms with van der Waals surface area (Å²) in [5.41, 5.74) is 0.450. The topological polar surface area (TPSA) is 73.3 Å². The highest BCUT2D eigenvalue weighted by Gasteiger charge is 2.13. The first kappa shape index (κ1) is 15.0. The Morgan fingerprint density at radius 3 is 2.86 bits per heavy atom. The van der Waals surface area contributed by atoms with E-state index in [2.05, 4.69) is 22.1 Å². The molecular weight excluding hydrogens is 290 g/mol. The zero-order chi connectivity index (χ0) is 15.2. The maximum atomic E-state index is 12.1. The minimum Gasteiger partial charge on any atom is -0.493 e. The quantitative estimate of drug-likeness (QED) is 0.831. The molecule has 0 saturated carbocycles. The van der Waals surface area contributed by atoms with Crippen LogP contribution in [0.1, 0.15) is 15.4 Å². The van der Waals surface area contributed by atoms with Crippen LogP contribution in [-0.2, 0) is 0 Å². The first-order valence-electron chi connectivity index (χ1n) is 6.17. The largest absolute Gasteiger partial charge is 0.493 e. The van der Waals surface area contributed by atoms with Crippen LogP contribution in [0.25, 0.3) is 0 Å². The Morgan fingerprint density at radius 2 is 2.24 bits per heavy atom. The second kappa shape index (κ2) is 6.85. The van der Waals surface area contributed by atoms with E-state index in [0.29, 0.717) is 28.8 Å². The Kier molecular flexibility index (Phi) is 4.89. The van der Waals surface area contributed by atoms with Crippen LogP contribution in [0, 0.1) is 6.92 Å². The van der Waals surface area contributed by atoms with Crippen LogP contribution in [0.4, 0.5) is 5.13 Å². The van der Waals surface area contributed by atoms with Crippen molar-refractivity contribution in [1.82, 2.24) is 10.2 Å². The number of aromatic nitrogens is 2. The van der Waals surface area contributed by atoms with E-state index >= 15 is 0 Å². The minimum absolute atomic E-state index is 0.278.